The fourth-order valence-electron chi connectivity index (χ4n) is 3.98. The van der Waals surface area contributed by atoms with Crippen molar-refractivity contribution in [2.75, 3.05) is 13.1 Å². The molecule has 0 aliphatic carbocycles. The van der Waals surface area contributed by atoms with Gasteiger partial charge in [0, 0.05) is 25.2 Å². The molecule has 2 aliphatic heterocycles. The standard InChI is InChI=1S/C23H28N4O3/c1-23(2,3)30-22(29)26-11-7-10-18(15-26)27-21-19(14-24-27)20(28)13-17(25-21)12-16-8-5-4-6-9-16/h4-6,8-9,14,18H,7,10-13,15H2,1-3H3. The van der Waals surface area contributed by atoms with E-state index < -0.39 is 5.60 Å². The molecule has 30 heavy (non-hydrogen) atoms. The number of benzene rings is 1. The van der Waals surface area contributed by atoms with Crippen molar-refractivity contribution in [3.8, 4) is 0 Å². The molecule has 0 spiro atoms. The molecular formula is C23H28N4O3. The highest BCUT2D eigenvalue weighted by Crippen LogP contribution is 2.32. The molecule has 0 radical (unpaired) electrons. The Labute approximate surface area is 176 Å². The SMILES string of the molecule is CC(C)(C)OC(=O)N1CCCC(n2ncc3c2N=C(Cc2ccccc2)CC3=O)C1. The Balaban J connectivity index is 1.55. The fraction of sp³-hybridized carbons (Fsp3) is 0.478. The van der Waals surface area contributed by atoms with Crippen LogP contribution in [0.4, 0.5) is 10.6 Å². The first-order valence-electron chi connectivity index (χ1n) is 10.5. The number of aliphatic imine (C=N–C) groups is 1. The van der Waals surface area contributed by atoms with Crippen molar-refractivity contribution in [1.82, 2.24) is 14.7 Å². The number of carbonyl (C=O) groups is 2. The number of rotatable bonds is 3. The normalized spacial score (nSPS) is 19.3. The minimum absolute atomic E-state index is 0.0253. The first kappa shape index (κ1) is 20.3. The highest BCUT2D eigenvalue weighted by Gasteiger charge is 2.32. The van der Waals surface area contributed by atoms with Crippen molar-refractivity contribution in [2.24, 2.45) is 4.99 Å². The van der Waals surface area contributed by atoms with E-state index in [9.17, 15) is 9.59 Å². The predicted molar refractivity (Wildman–Crippen MR) is 114 cm³/mol. The lowest BCUT2D eigenvalue weighted by molar-refractivity contribution is 0.0168. The van der Waals surface area contributed by atoms with Crippen LogP contribution in [-0.4, -0.2) is 51.0 Å². The average molecular weight is 409 g/mol. The molecule has 0 saturated carbocycles. The second-order valence-corrected chi connectivity index (χ2v) is 8.99. The van der Waals surface area contributed by atoms with Crippen molar-refractivity contribution in [3.63, 3.8) is 0 Å². The Morgan fingerprint density at radius 2 is 2.00 bits per heavy atom. The maximum Gasteiger partial charge on any atom is 0.410 e. The molecule has 1 fully saturated rings. The topological polar surface area (TPSA) is 76.8 Å². The van der Waals surface area contributed by atoms with E-state index in [4.69, 9.17) is 9.73 Å². The number of hydrogen-bond acceptors (Lipinski definition) is 5. The molecule has 4 rings (SSSR count). The third kappa shape index (κ3) is 4.45. The van der Waals surface area contributed by atoms with E-state index >= 15 is 0 Å². The molecule has 0 bridgehead atoms. The summed E-state index contributed by atoms with van der Waals surface area (Å²) in [5.41, 5.74) is 2.02. The number of likely N-dealkylation sites (tertiary alicyclic amines) is 1. The number of carbonyl (C=O) groups excluding carboxylic acids is 2. The molecule has 1 aromatic carbocycles. The van der Waals surface area contributed by atoms with Crippen molar-refractivity contribution in [3.05, 3.63) is 47.7 Å². The van der Waals surface area contributed by atoms with Crippen LogP contribution in [-0.2, 0) is 11.2 Å². The molecule has 1 atom stereocenters. The minimum atomic E-state index is -0.530. The van der Waals surface area contributed by atoms with Gasteiger partial charge in [-0.25, -0.2) is 14.5 Å². The van der Waals surface area contributed by atoms with Crippen molar-refractivity contribution >= 4 is 23.4 Å². The number of fused-ring (bicyclic) bond motifs is 1. The maximum absolute atomic E-state index is 12.7. The Morgan fingerprint density at radius 3 is 2.73 bits per heavy atom. The zero-order chi connectivity index (χ0) is 21.3. The number of ketones is 1. The number of amides is 1. The predicted octanol–water partition coefficient (Wildman–Crippen LogP) is 4.36. The minimum Gasteiger partial charge on any atom is -0.444 e. The summed E-state index contributed by atoms with van der Waals surface area (Å²) in [7, 11) is 0. The zero-order valence-corrected chi connectivity index (χ0v) is 17.8. The molecule has 2 aliphatic rings. The van der Waals surface area contributed by atoms with Crippen molar-refractivity contribution in [2.45, 2.75) is 58.1 Å². The molecule has 1 amide bonds. The van der Waals surface area contributed by atoms with E-state index in [2.05, 4.69) is 5.10 Å². The summed E-state index contributed by atoms with van der Waals surface area (Å²) in [5.74, 6) is 0.671. The summed E-state index contributed by atoms with van der Waals surface area (Å²) >= 11 is 0. The van der Waals surface area contributed by atoms with Gasteiger partial charge < -0.3 is 9.64 Å². The van der Waals surface area contributed by atoms with Gasteiger partial charge in [-0.15, -0.1) is 0 Å². The van der Waals surface area contributed by atoms with E-state index in [-0.39, 0.29) is 17.9 Å². The van der Waals surface area contributed by atoms with E-state index in [0.29, 0.717) is 37.3 Å². The lowest BCUT2D eigenvalue weighted by Crippen LogP contribution is -2.43. The van der Waals surface area contributed by atoms with Gasteiger partial charge in [0.15, 0.2) is 11.6 Å². The number of ether oxygens (including phenoxy) is 1. The highest BCUT2D eigenvalue weighted by atomic mass is 16.6. The monoisotopic (exact) mass is 408 g/mol. The Morgan fingerprint density at radius 1 is 1.23 bits per heavy atom. The lowest BCUT2D eigenvalue weighted by atomic mass is 9.99. The molecule has 1 aromatic heterocycles. The van der Waals surface area contributed by atoms with Gasteiger partial charge in [-0.05, 0) is 39.2 Å². The van der Waals surface area contributed by atoms with Gasteiger partial charge in [0.2, 0.25) is 0 Å². The van der Waals surface area contributed by atoms with Crippen LogP contribution in [0, 0.1) is 0 Å². The number of nitrogens with zero attached hydrogens (tertiary/aromatic N) is 4. The Kier molecular flexibility index (Phi) is 5.45. The van der Waals surface area contributed by atoms with Gasteiger partial charge >= 0.3 is 6.09 Å². The quantitative estimate of drug-likeness (QED) is 0.756. The summed E-state index contributed by atoms with van der Waals surface area (Å²) in [6, 6.07) is 10.0. The molecule has 1 unspecified atom stereocenters. The van der Waals surface area contributed by atoms with E-state index in [1.807, 2.05) is 55.8 Å². The van der Waals surface area contributed by atoms with Crippen LogP contribution in [0.25, 0.3) is 0 Å². The van der Waals surface area contributed by atoms with Crippen LogP contribution in [0.5, 0.6) is 0 Å². The van der Waals surface area contributed by atoms with Gasteiger partial charge in [0.05, 0.1) is 24.2 Å². The van der Waals surface area contributed by atoms with E-state index in [1.165, 1.54) is 0 Å². The van der Waals surface area contributed by atoms with Crippen LogP contribution in [0.3, 0.4) is 0 Å². The van der Waals surface area contributed by atoms with Crippen LogP contribution in [0.15, 0.2) is 41.5 Å². The fourth-order valence-corrected chi connectivity index (χ4v) is 3.98. The lowest BCUT2D eigenvalue weighted by Gasteiger charge is -2.34. The first-order chi connectivity index (χ1) is 14.3. The van der Waals surface area contributed by atoms with Gasteiger partial charge in [-0.1, -0.05) is 30.3 Å². The second-order valence-electron chi connectivity index (χ2n) is 8.99. The number of piperidine rings is 1. The summed E-state index contributed by atoms with van der Waals surface area (Å²) in [6.07, 6.45) is 4.01. The molecule has 7 heteroatoms. The largest absolute Gasteiger partial charge is 0.444 e. The number of Topliss-reactive ketones (excluding diaryl/α,β-unsaturated/α-hetero) is 1. The van der Waals surface area contributed by atoms with Gasteiger partial charge in [0.25, 0.3) is 0 Å². The number of aromatic nitrogens is 2. The van der Waals surface area contributed by atoms with Gasteiger partial charge in [-0.3, -0.25) is 4.79 Å². The van der Waals surface area contributed by atoms with E-state index in [1.54, 1.807) is 11.1 Å². The molecule has 1 saturated heterocycles. The maximum atomic E-state index is 12.7. The Hall–Kier alpha value is -2.96. The molecule has 0 N–H and O–H groups in total. The van der Waals surface area contributed by atoms with Crippen LogP contribution in [0.2, 0.25) is 0 Å². The second kappa shape index (κ2) is 8.05. The van der Waals surface area contributed by atoms with Crippen molar-refractivity contribution < 1.29 is 14.3 Å². The van der Waals surface area contributed by atoms with E-state index in [0.717, 1.165) is 24.1 Å². The van der Waals surface area contributed by atoms with Crippen molar-refractivity contribution in [1.29, 1.82) is 0 Å². The first-order valence-corrected chi connectivity index (χ1v) is 10.5. The van der Waals surface area contributed by atoms with Gasteiger partial charge in [-0.2, -0.15) is 5.10 Å². The molecule has 3 heterocycles. The Bertz CT molecular complexity index is 972. The summed E-state index contributed by atoms with van der Waals surface area (Å²) < 4.78 is 7.36. The third-order valence-electron chi connectivity index (χ3n) is 5.34. The molecule has 7 nitrogen and oxygen atoms in total. The molecule has 2 aromatic rings. The third-order valence-corrected chi connectivity index (χ3v) is 5.34. The summed E-state index contributed by atoms with van der Waals surface area (Å²) in [6.45, 7) is 6.76. The average Bonchev–Trinajstić information content (AvgIpc) is 3.12. The van der Waals surface area contributed by atoms with Crippen LogP contribution >= 0.6 is 0 Å². The smallest absolute Gasteiger partial charge is 0.410 e. The molecule has 158 valence electrons. The molecular weight excluding hydrogens is 380 g/mol. The summed E-state index contributed by atoms with van der Waals surface area (Å²) in [5, 5.41) is 4.49. The number of hydrogen-bond donors (Lipinski definition) is 0. The highest BCUT2D eigenvalue weighted by molar-refractivity contribution is 6.15. The van der Waals surface area contributed by atoms with Crippen LogP contribution in [0.1, 0.15) is 62.0 Å². The zero-order valence-electron chi connectivity index (χ0n) is 17.8. The summed E-state index contributed by atoms with van der Waals surface area (Å²) in [4.78, 5) is 31.8. The van der Waals surface area contributed by atoms with Gasteiger partial charge in [0.1, 0.15) is 5.60 Å². The van der Waals surface area contributed by atoms with Crippen LogP contribution < -0.4 is 0 Å².